The highest BCUT2D eigenvalue weighted by Gasteiger charge is 2.26. The summed E-state index contributed by atoms with van der Waals surface area (Å²) in [6, 6.07) is 0. The van der Waals surface area contributed by atoms with Gasteiger partial charge < -0.3 is 9.64 Å². The first kappa shape index (κ1) is 13.3. The second kappa shape index (κ2) is 5.68. The third kappa shape index (κ3) is 3.01. The minimum atomic E-state index is 0.226. The molecule has 0 radical (unpaired) electrons. The standard InChI is InChI=1S/C10H18N6OS/c1-6-7(4-5-17-6)18-10-13-8(15-11)12-9(14-10)16(2)3/h6-7H,4-5,11H2,1-3H3,(H,12,13,14,15). The fraction of sp³-hybridized carbons (Fsp3) is 0.700. The van der Waals surface area contributed by atoms with Crippen molar-refractivity contribution in [1.82, 2.24) is 15.0 Å². The molecular weight excluding hydrogens is 252 g/mol. The predicted octanol–water partition coefficient (Wildman–Crippen LogP) is 0.493. The highest BCUT2D eigenvalue weighted by atomic mass is 32.2. The smallest absolute Gasteiger partial charge is 0.242 e. The lowest BCUT2D eigenvalue weighted by molar-refractivity contribution is 0.127. The summed E-state index contributed by atoms with van der Waals surface area (Å²) in [5.74, 6) is 6.34. The number of thioether (sulfide) groups is 1. The van der Waals surface area contributed by atoms with Crippen LogP contribution in [0.4, 0.5) is 11.9 Å². The van der Waals surface area contributed by atoms with E-state index in [0.717, 1.165) is 13.0 Å². The van der Waals surface area contributed by atoms with Crippen molar-refractivity contribution in [2.24, 2.45) is 5.84 Å². The molecule has 1 aromatic heterocycles. The van der Waals surface area contributed by atoms with E-state index < -0.39 is 0 Å². The van der Waals surface area contributed by atoms with Crippen molar-refractivity contribution < 1.29 is 4.74 Å². The van der Waals surface area contributed by atoms with Gasteiger partial charge in [-0.1, -0.05) is 11.8 Å². The van der Waals surface area contributed by atoms with Crippen molar-refractivity contribution in [3.05, 3.63) is 0 Å². The second-order valence-electron chi connectivity index (χ2n) is 4.30. The lowest BCUT2D eigenvalue weighted by atomic mass is 10.3. The van der Waals surface area contributed by atoms with Crippen LogP contribution in [0.15, 0.2) is 5.16 Å². The molecule has 18 heavy (non-hydrogen) atoms. The van der Waals surface area contributed by atoms with Crippen molar-refractivity contribution in [1.29, 1.82) is 0 Å². The number of aromatic nitrogens is 3. The van der Waals surface area contributed by atoms with Gasteiger partial charge in [0.2, 0.25) is 11.9 Å². The molecule has 1 saturated heterocycles. The summed E-state index contributed by atoms with van der Waals surface area (Å²) < 4.78 is 5.53. The van der Waals surface area contributed by atoms with E-state index in [1.807, 2.05) is 19.0 Å². The number of nitrogens with two attached hydrogens (primary N) is 1. The van der Waals surface area contributed by atoms with Crippen LogP contribution < -0.4 is 16.2 Å². The monoisotopic (exact) mass is 270 g/mol. The topological polar surface area (TPSA) is 89.2 Å². The van der Waals surface area contributed by atoms with Crippen LogP contribution in [-0.2, 0) is 4.74 Å². The number of hydrogen-bond donors (Lipinski definition) is 2. The molecule has 0 aromatic carbocycles. The molecule has 0 aliphatic carbocycles. The molecule has 1 aromatic rings. The van der Waals surface area contributed by atoms with Crippen molar-refractivity contribution in [3.63, 3.8) is 0 Å². The Balaban J connectivity index is 2.18. The number of ether oxygens (including phenoxy) is 1. The molecule has 0 spiro atoms. The summed E-state index contributed by atoms with van der Waals surface area (Å²) in [7, 11) is 3.76. The van der Waals surface area contributed by atoms with Gasteiger partial charge in [0.1, 0.15) is 0 Å². The third-order valence-electron chi connectivity index (χ3n) is 2.70. The molecule has 100 valence electrons. The Morgan fingerprint density at radius 2 is 2.17 bits per heavy atom. The van der Waals surface area contributed by atoms with Gasteiger partial charge in [0.15, 0.2) is 5.16 Å². The van der Waals surface area contributed by atoms with Gasteiger partial charge in [-0.3, -0.25) is 5.43 Å². The zero-order valence-electron chi connectivity index (χ0n) is 10.8. The normalized spacial score (nSPS) is 23.1. The van der Waals surface area contributed by atoms with Gasteiger partial charge in [0.25, 0.3) is 0 Å². The Bertz CT molecular complexity index is 415. The zero-order valence-corrected chi connectivity index (χ0v) is 11.6. The molecule has 8 heteroatoms. The van der Waals surface area contributed by atoms with Gasteiger partial charge >= 0.3 is 0 Å². The van der Waals surface area contributed by atoms with Crippen molar-refractivity contribution in [2.75, 3.05) is 31.0 Å². The van der Waals surface area contributed by atoms with Crippen LogP contribution in [0.25, 0.3) is 0 Å². The lowest BCUT2D eigenvalue weighted by Gasteiger charge is -2.15. The quantitative estimate of drug-likeness (QED) is 0.603. The molecule has 1 fully saturated rings. The lowest BCUT2D eigenvalue weighted by Crippen LogP contribution is -2.19. The van der Waals surface area contributed by atoms with E-state index in [1.54, 1.807) is 11.8 Å². The van der Waals surface area contributed by atoms with Gasteiger partial charge in [0.05, 0.1) is 6.10 Å². The molecule has 3 N–H and O–H groups in total. The number of hydrazine groups is 1. The molecule has 2 heterocycles. The molecule has 7 nitrogen and oxygen atoms in total. The summed E-state index contributed by atoms with van der Waals surface area (Å²) in [6.45, 7) is 2.87. The first-order chi connectivity index (χ1) is 8.60. The number of nitrogen functional groups attached to an aromatic ring is 1. The van der Waals surface area contributed by atoms with Crippen LogP contribution in [0.2, 0.25) is 0 Å². The molecule has 2 unspecified atom stereocenters. The van der Waals surface area contributed by atoms with Gasteiger partial charge in [-0.05, 0) is 13.3 Å². The highest BCUT2D eigenvalue weighted by Crippen LogP contribution is 2.31. The average Bonchev–Trinajstić information content (AvgIpc) is 2.74. The molecule has 2 atom stereocenters. The average molecular weight is 270 g/mol. The number of hydrogen-bond acceptors (Lipinski definition) is 8. The Labute approximate surface area is 110 Å². The van der Waals surface area contributed by atoms with Crippen LogP contribution in [0.3, 0.4) is 0 Å². The van der Waals surface area contributed by atoms with Gasteiger partial charge in [0, 0.05) is 26.0 Å². The molecule has 0 amide bonds. The van der Waals surface area contributed by atoms with E-state index in [2.05, 4.69) is 27.3 Å². The fourth-order valence-electron chi connectivity index (χ4n) is 1.67. The van der Waals surface area contributed by atoms with Crippen LogP contribution in [0.1, 0.15) is 13.3 Å². The molecule has 2 rings (SSSR count). The zero-order chi connectivity index (χ0) is 13.1. The summed E-state index contributed by atoms with van der Waals surface area (Å²) >= 11 is 1.61. The summed E-state index contributed by atoms with van der Waals surface area (Å²) in [4.78, 5) is 14.6. The van der Waals surface area contributed by atoms with Gasteiger partial charge in [-0.2, -0.15) is 15.0 Å². The third-order valence-corrected chi connectivity index (χ3v) is 4.01. The SMILES string of the molecule is CC1OCCC1Sc1nc(NN)nc(N(C)C)n1. The molecule has 0 saturated carbocycles. The molecule has 1 aliphatic heterocycles. The Morgan fingerprint density at radius 1 is 1.39 bits per heavy atom. The van der Waals surface area contributed by atoms with Crippen molar-refractivity contribution >= 4 is 23.7 Å². The molecule has 0 bridgehead atoms. The summed E-state index contributed by atoms with van der Waals surface area (Å²) in [6.07, 6.45) is 1.24. The van der Waals surface area contributed by atoms with Gasteiger partial charge in [-0.15, -0.1) is 0 Å². The van der Waals surface area contributed by atoms with E-state index in [9.17, 15) is 0 Å². The number of rotatable bonds is 4. The minimum Gasteiger partial charge on any atom is -0.377 e. The molecule has 1 aliphatic rings. The summed E-state index contributed by atoms with van der Waals surface area (Å²) in [5.41, 5.74) is 2.47. The van der Waals surface area contributed by atoms with Gasteiger partial charge in [-0.25, -0.2) is 5.84 Å². The number of anilines is 2. The Hall–Kier alpha value is -1.12. The fourth-order valence-corrected chi connectivity index (χ4v) is 2.69. The van der Waals surface area contributed by atoms with E-state index in [0.29, 0.717) is 22.3 Å². The maximum atomic E-state index is 5.53. The number of nitrogens with one attached hydrogen (secondary N) is 1. The Morgan fingerprint density at radius 3 is 2.72 bits per heavy atom. The van der Waals surface area contributed by atoms with Crippen molar-refractivity contribution in [3.8, 4) is 0 Å². The largest absolute Gasteiger partial charge is 0.377 e. The van der Waals surface area contributed by atoms with Crippen LogP contribution in [-0.4, -0.2) is 47.0 Å². The van der Waals surface area contributed by atoms with E-state index >= 15 is 0 Å². The van der Waals surface area contributed by atoms with Crippen LogP contribution >= 0.6 is 11.8 Å². The van der Waals surface area contributed by atoms with Crippen LogP contribution in [0, 0.1) is 0 Å². The number of nitrogens with zero attached hydrogens (tertiary/aromatic N) is 4. The van der Waals surface area contributed by atoms with E-state index in [4.69, 9.17) is 10.6 Å². The predicted molar refractivity (Wildman–Crippen MR) is 71.6 cm³/mol. The maximum Gasteiger partial charge on any atom is 0.242 e. The highest BCUT2D eigenvalue weighted by molar-refractivity contribution is 7.99. The second-order valence-corrected chi connectivity index (χ2v) is 5.51. The first-order valence-electron chi connectivity index (χ1n) is 5.78. The minimum absolute atomic E-state index is 0.226. The van der Waals surface area contributed by atoms with Crippen LogP contribution in [0.5, 0.6) is 0 Å². The van der Waals surface area contributed by atoms with E-state index in [1.165, 1.54) is 0 Å². The first-order valence-corrected chi connectivity index (χ1v) is 6.66. The maximum absolute atomic E-state index is 5.53. The van der Waals surface area contributed by atoms with Crippen molar-refractivity contribution in [2.45, 2.75) is 29.9 Å². The molecular formula is C10H18N6OS. The van der Waals surface area contributed by atoms with E-state index in [-0.39, 0.29) is 6.10 Å². The summed E-state index contributed by atoms with van der Waals surface area (Å²) in [5, 5.41) is 1.05. The Kier molecular flexibility index (Phi) is 4.20.